The first kappa shape index (κ1) is 33.1. The van der Waals surface area contributed by atoms with Gasteiger partial charge >= 0.3 is 11.9 Å². The van der Waals surface area contributed by atoms with Gasteiger partial charge in [0, 0.05) is 12.1 Å². The van der Waals surface area contributed by atoms with Crippen LogP contribution in [0.4, 0.5) is 0 Å². The van der Waals surface area contributed by atoms with E-state index in [0.29, 0.717) is 0 Å². The van der Waals surface area contributed by atoms with Crippen LogP contribution in [0, 0.1) is 0 Å². The Labute approximate surface area is 258 Å². The molecule has 11 atom stereocenters. The van der Waals surface area contributed by atoms with E-state index < -0.39 is 91.0 Å². The van der Waals surface area contributed by atoms with Crippen molar-refractivity contribution in [1.29, 1.82) is 0 Å². The second kappa shape index (κ2) is 12.9. The highest BCUT2D eigenvalue weighted by Gasteiger charge is 2.49. The molecule has 0 aliphatic carbocycles. The molecule has 2 aromatic rings. The van der Waals surface area contributed by atoms with Crippen molar-refractivity contribution in [2.45, 2.75) is 73.9 Å². The van der Waals surface area contributed by atoms with E-state index in [9.17, 15) is 60.3 Å². The zero-order chi connectivity index (χ0) is 33.6. The Morgan fingerprint density at radius 3 is 1.87 bits per heavy atom. The van der Waals surface area contributed by atoms with Crippen molar-refractivity contribution >= 4 is 17.7 Å². The molecule has 2 fully saturated rings. The summed E-state index contributed by atoms with van der Waals surface area (Å²) in [5.74, 6) is -4.93. The fourth-order valence-electron chi connectivity index (χ4n) is 5.21. The quantitative estimate of drug-likeness (QED) is 0.144. The predicted octanol–water partition coefficient (Wildman–Crippen LogP) is -2.35. The Morgan fingerprint density at radius 1 is 0.761 bits per heavy atom. The van der Waals surface area contributed by atoms with Crippen molar-refractivity contribution in [2.24, 2.45) is 0 Å². The minimum absolute atomic E-state index is 0.0703. The number of methoxy groups -OCH3 is 1. The molecule has 46 heavy (non-hydrogen) atoms. The third-order valence-electron chi connectivity index (χ3n) is 7.65. The van der Waals surface area contributed by atoms with Gasteiger partial charge in [-0.1, -0.05) is 6.07 Å². The number of rotatable bonds is 8. The number of carboxylic acids is 2. The fourth-order valence-corrected chi connectivity index (χ4v) is 5.21. The van der Waals surface area contributed by atoms with Crippen LogP contribution >= 0.6 is 0 Å². The summed E-state index contributed by atoms with van der Waals surface area (Å²) in [6, 6.07) is 6.36. The van der Waals surface area contributed by atoms with Gasteiger partial charge in [0.25, 0.3) is 0 Å². The maximum absolute atomic E-state index is 13.1. The van der Waals surface area contributed by atoms with Crippen LogP contribution in [0.15, 0.2) is 30.3 Å². The maximum atomic E-state index is 13.1. The molecule has 2 saturated heterocycles. The number of phenols is 1. The number of aliphatic carboxylic acids is 2. The first-order chi connectivity index (χ1) is 21.7. The monoisotopic (exact) mass is 654 g/mol. The molecule has 0 amide bonds. The topological polar surface area (TPSA) is 289 Å². The molecule has 250 valence electrons. The smallest absolute Gasteiger partial charge is 0.335 e. The Morgan fingerprint density at radius 2 is 1.33 bits per heavy atom. The zero-order valence-corrected chi connectivity index (χ0v) is 23.6. The van der Waals surface area contributed by atoms with E-state index in [4.69, 9.17) is 28.4 Å². The predicted molar refractivity (Wildman–Crippen MR) is 143 cm³/mol. The second-order valence-corrected chi connectivity index (χ2v) is 10.7. The molecule has 2 aromatic carbocycles. The van der Waals surface area contributed by atoms with E-state index in [1.807, 2.05) is 0 Å². The van der Waals surface area contributed by atoms with Gasteiger partial charge in [-0.2, -0.15) is 0 Å². The Kier molecular flexibility index (Phi) is 9.25. The van der Waals surface area contributed by atoms with Gasteiger partial charge in [0.15, 0.2) is 29.5 Å². The number of fused-ring (bicyclic) bond motifs is 1. The lowest BCUT2D eigenvalue weighted by Gasteiger charge is -2.38. The average Bonchev–Trinajstić information content (AvgIpc) is 3.00. The van der Waals surface area contributed by atoms with Gasteiger partial charge < -0.3 is 74.4 Å². The van der Waals surface area contributed by atoms with Gasteiger partial charge in [-0.15, -0.1) is 0 Å². The lowest BCUT2D eigenvalue weighted by molar-refractivity contribution is -0.271. The zero-order valence-electron chi connectivity index (χ0n) is 23.6. The van der Waals surface area contributed by atoms with E-state index in [1.54, 1.807) is 0 Å². The average molecular weight is 655 g/mol. The molecule has 18 heteroatoms. The van der Waals surface area contributed by atoms with E-state index in [1.165, 1.54) is 25.3 Å². The van der Waals surface area contributed by atoms with Crippen molar-refractivity contribution in [3.8, 4) is 28.7 Å². The second-order valence-electron chi connectivity index (χ2n) is 10.7. The standard InChI is InChI=1S/C28H30O18/c1-41-12-3-2-8(4-14(12)44-28-22(36)18(32)20(34)24(46-28)26(39)40)13-7-11(30)16-10(29)5-9(6-15(16)43-13)42-27-21(35)17(31)19(33)23(45-27)25(37)38/h2-6,13,17-24,27-29,31-36H,7H2,1H3,(H,37,38)(H,39,40)/t13-,17-,18-,19-,20-,21+,22+,23-,24-,27+,28+/m0/s1. The number of hydrogen-bond acceptors (Lipinski definition) is 16. The number of carboxylic acid groups (broad SMARTS) is 2. The van der Waals surface area contributed by atoms with Gasteiger partial charge in [-0.05, 0) is 17.7 Å². The third kappa shape index (κ3) is 6.11. The maximum Gasteiger partial charge on any atom is 0.335 e. The lowest BCUT2D eigenvalue weighted by Crippen LogP contribution is -2.61. The summed E-state index contributed by atoms with van der Waals surface area (Å²) >= 11 is 0. The molecule has 0 spiro atoms. The molecule has 3 aliphatic heterocycles. The van der Waals surface area contributed by atoms with Gasteiger partial charge in [-0.3, -0.25) is 4.79 Å². The van der Waals surface area contributed by atoms with Crippen molar-refractivity contribution in [3.05, 3.63) is 41.5 Å². The number of Topliss-reactive ketones (excluding diaryl/α,β-unsaturated/α-hetero) is 1. The SMILES string of the molecule is COc1ccc([C@@H]2CC(=O)c3c(O)cc(O[C@@H]4O[C@H](C(=O)O)[C@@H](O)[C@H](O)[C@H]4O)cc3O2)cc1O[C@@H]1O[C@H](C(=O)O)[C@@H](O)[C@H](O)[C@H]1O. The molecular weight excluding hydrogens is 624 g/mol. The molecule has 0 radical (unpaired) electrons. The normalized spacial score (nSPS) is 34.2. The minimum Gasteiger partial charge on any atom is -0.507 e. The number of aromatic hydroxyl groups is 1. The number of carbonyl (C=O) groups excluding carboxylic acids is 1. The Balaban J connectivity index is 1.39. The molecule has 3 heterocycles. The summed E-state index contributed by atoms with van der Waals surface area (Å²) < 4.78 is 32.6. The van der Waals surface area contributed by atoms with Gasteiger partial charge in [0.05, 0.1) is 13.5 Å². The summed E-state index contributed by atoms with van der Waals surface area (Å²) in [7, 11) is 1.28. The van der Waals surface area contributed by atoms with Gasteiger partial charge in [0.2, 0.25) is 12.6 Å². The highest BCUT2D eigenvalue weighted by Crippen LogP contribution is 2.44. The van der Waals surface area contributed by atoms with Crippen molar-refractivity contribution < 1.29 is 88.8 Å². The molecular formula is C28H30O18. The molecule has 0 saturated carbocycles. The Hall–Kier alpha value is -4.27. The molecule has 0 bridgehead atoms. The van der Waals surface area contributed by atoms with E-state index in [2.05, 4.69) is 0 Å². The summed E-state index contributed by atoms with van der Waals surface area (Å²) in [6.45, 7) is 0. The fraction of sp³-hybridized carbons (Fsp3) is 0.464. The van der Waals surface area contributed by atoms with E-state index >= 15 is 0 Å². The summed E-state index contributed by atoms with van der Waals surface area (Å²) in [6.07, 6.45) is -20.4. The molecule has 18 nitrogen and oxygen atoms in total. The number of aliphatic hydroxyl groups is 6. The van der Waals surface area contributed by atoms with Crippen LogP contribution in [-0.4, -0.2) is 132 Å². The Bertz CT molecular complexity index is 1500. The van der Waals surface area contributed by atoms with Crippen LogP contribution in [0.25, 0.3) is 0 Å². The number of ketones is 1. The summed E-state index contributed by atoms with van der Waals surface area (Å²) in [4.78, 5) is 36.0. The number of ether oxygens (including phenoxy) is 6. The van der Waals surface area contributed by atoms with Crippen molar-refractivity contribution in [2.75, 3.05) is 7.11 Å². The largest absolute Gasteiger partial charge is 0.507 e. The van der Waals surface area contributed by atoms with Crippen LogP contribution in [0.1, 0.15) is 28.4 Å². The molecule has 5 rings (SSSR count). The summed E-state index contributed by atoms with van der Waals surface area (Å²) in [5.41, 5.74) is 0.0669. The van der Waals surface area contributed by atoms with Crippen LogP contribution in [0.5, 0.6) is 28.7 Å². The molecule has 9 N–H and O–H groups in total. The van der Waals surface area contributed by atoms with E-state index in [0.717, 1.165) is 12.1 Å². The number of aliphatic hydroxyl groups excluding tert-OH is 6. The number of carbonyl (C=O) groups is 3. The number of benzene rings is 2. The van der Waals surface area contributed by atoms with Crippen molar-refractivity contribution in [1.82, 2.24) is 0 Å². The van der Waals surface area contributed by atoms with Crippen LogP contribution < -0.4 is 18.9 Å². The molecule has 0 unspecified atom stereocenters. The summed E-state index contributed by atoms with van der Waals surface area (Å²) in [5, 5.41) is 89.9. The number of phenolic OH excluding ortho intramolecular Hbond substituents is 1. The van der Waals surface area contributed by atoms with E-state index in [-0.39, 0.29) is 40.5 Å². The van der Waals surface area contributed by atoms with Gasteiger partial charge in [-0.25, -0.2) is 9.59 Å². The van der Waals surface area contributed by atoms with Gasteiger partial charge in [0.1, 0.15) is 65.5 Å². The highest BCUT2D eigenvalue weighted by atomic mass is 16.7. The number of hydrogen-bond donors (Lipinski definition) is 9. The van der Waals surface area contributed by atoms with Crippen molar-refractivity contribution in [3.63, 3.8) is 0 Å². The third-order valence-corrected chi connectivity index (χ3v) is 7.65. The first-order valence-corrected chi connectivity index (χ1v) is 13.6. The molecule has 0 aromatic heterocycles. The van der Waals surface area contributed by atoms with Crippen LogP contribution in [0.2, 0.25) is 0 Å². The van der Waals surface area contributed by atoms with Crippen LogP contribution in [-0.2, 0) is 19.1 Å². The lowest BCUT2D eigenvalue weighted by atomic mass is 9.95. The highest BCUT2D eigenvalue weighted by molar-refractivity contribution is 6.02. The first-order valence-electron chi connectivity index (χ1n) is 13.6. The minimum atomic E-state index is -1.97. The molecule has 3 aliphatic rings. The van der Waals surface area contributed by atoms with Crippen LogP contribution in [0.3, 0.4) is 0 Å².